The molecule has 7 heteroatoms. The first kappa shape index (κ1) is 13.2. The molecule has 0 spiro atoms. The molecule has 3 aromatic rings. The fourth-order valence-corrected chi connectivity index (χ4v) is 2.67. The Morgan fingerprint density at radius 3 is 2.80 bits per heavy atom. The lowest BCUT2D eigenvalue weighted by Crippen LogP contribution is -2.12. The predicted octanol–water partition coefficient (Wildman–Crippen LogP) is 2.20. The van der Waals surface area contributed by atoms with E-state index in [9.17, 15) is 0 Å². The third-order valence-corrected chi connectivity index (χ3v) is 3.65. The highest BCUT2D eigenvalue weighted by atomic mass is 35.5. The summed E-state index contributed by atoms with van der Waals surface area (Å²) in [6.07, 6.45) is 3.74. The molecule has 0 amide bonds. The van der Waals surface area contributed by atoms with Gasteiger partial charge in [-0.25, -0.2) is 9.67 Å². The lowest BCUT2D eigenvalue weighted by atomic mass is 10.4. The molecule has 3 aromatic heterocycles. The van der Waals surface area contributed by atoms with Crippen LogP contribution in [0.1, 0.15) is 18.4 Å². The molecule has 0 N–H and O–H groups in total. The number of aryl methyl sites for hydroxylation is 4. The Kier molecular flexibility index (Phi) is 3.48. The number of imidazole rings is 1. The summed E-state index contributed by atoms with van der Waals surface area (Å²) in [6.45, 7) is 6.45. The van der Waals surface area contributed by atoms with Gasteiger partial charge in [0.2, 0.25) is 0 Å². The smallest absolute Gasteiger partial charge is 0.159 e. The Morgan fingerprint density at radius 2 is 2.15 bits per heavy atom. The number of rotatable bonds is 5. The van der Waals surface area contributed by atoms with Gasteiger partial charge in [-0.1, -0.05) is 0 Å². The average Bonchev–Trinajstić information content (AvgIpc) is 3.14. The van der Waals surface area contributed by atoms with Gasteiger partial charge in [-0.3, -0.25) is 4.68 Å². The molecule has 0 aliphatic heterocycles. The zero-order valence-corrected chi connectivity index (χ0v) is 12.4. The zero-order chi connectivity index (χ0) is 14.1. The van der Waals surface area contributed by atoms with Crippen LogP contribution in [0.25, 0.3) is 11.2 Å². The largest absolute Gasteiger partial charge is 0.310 e. The summed E-state index contributed by atoms with van der Waals surface area (Å²) in [5.74, 6) is 1.29. The van der Waals surface area contributed by atoms with Crippen LogP contribution < -0.4 is 0 Å². The summed E-state index contributed by atoms with van der Waals surface area (Å²) in [5, 5.41) is 8.74. The van der Waals surface area contributed by atoms with Crippen molar-refractivity contribution in [1.29, 1.82) is 0 Å². The van der Waals surface area contributed by atoms with Gasteiger partial charge in [-0.2, -0.15) is 10.2 Å². The molecule has 3 heterocycles. The molecule has 0 fully saturated rings. The minimum absolute atomic E-state index is 0.400. The highest BCUT2D eigenvalue weighted by Gasteiger charge is 2.17. The molecular weight excluding hydrogens is 276 g/mol. The second-order valence-electron chi connectivity index (χ2n) is 4.66. The molecule has 0 aliphatic carbocycles. The minimum atomic E-state index is 0.400. The highest BCUT2D eigenvalue weighted by Crippen LogP contribution is 2.21. The van der Waals surface area contributed by atoms with Crippen molar-refractivity contribution < 1.29 is 0 Å². The van der Waals surface area contributed by atoms with Crippen molar-refractivity contribution in [1.82, 2.24) is 29.1 Å². The molecule has 20 heavy (non-hydrogen) atoms. The number of hydrogen-bond acceptors (Lipinski definition) is 3. The first-order valence-electron chi connectivity index (χ1n) is 6.70. The number of halogens is 1. The summed E-state index contributed by atoms with van der Waals surface area (Å²) >= 11 is 6.03. The van der Waals surface area contributed by atoms with Crippen LogP contribution in [0.4, 0.5) is 0 Å². The predicted molar refractivity (Wildman–Crippen MR) is 77.7 cm³/mol. The molecule has 0 atom stereocenters. The van der Waals surface area contributed by atoms with E-state index in [4.69, 9.17) is 11.6 Å². The Balaban J connectivity index is 2.02. The molecule has 0 aliphatic rings. The number of aromatic nitrogens is 6. The van der Waals surface area contributed by atoms with Crippen LogP contribution >= 0.6 is 11.6 Å². The second-order valence-corrected chi connectivity index (χ2v) is 4.92. The van der Waals surface area contributed by atoms with E-state index in [1.165, 1.54) is 0 Å². The van der Waals surface area contributed by atoms with Crippen LogP contribution in [0.15, 0.2) is 18.5 Å². The summed E-state index contributed by atoms with van der Waals surface area (Å²) in [7, 11) is 0. The number of nitrogens with zero attached hydrogens (tertiary/aromatic N) is 6. The van der Waals surface area contributed by atoms with Gasteiger partial charge < -0.3 is 4.57 Å². The van der Waals surface area contributed by atoms with E-state index in [1.807, 2.05) is 28.6 Å². The standard InChI is InChI=1S/C13H17ClN6/c1-3-20-13-12(10(2)17-20)16-11(9-14)19(13)8-7-18-6-4-5-15-18/h4-6H,3,7-9H2,1-2H3. The van der Waals surface area contributed by atoms with E-state index in [1.54, 1.807) is 6.20 Å². The van der Waals surface area contributed by atoms with Crippen molar-refractivity contribution in [3.8, 4) is 0 Å². The minimum Gasteiger partial charge on any atom is -0.310 e. The van der Waals surface area contributed by atoms with E-state index in [-0.39, 0.29) is 0 Å². The first-order chi connectivity index (χ1) is 9.74. The van der Waals surface area contributed by atoms with Crippen LogP contribution in [0.2, 0.25) is 0 Å². The maximum atomic E-state index is 6.03. The molecule has 6 nitrogen and oxygen atoms in total. The van der Waals surface area contributed by atoms with Crippen molar-refractivity contribution >= 4 is 22.8 Å². The van der Waals surface area contributed by atoms with E-state index in [0.29, 0.717) is 5.88 Å². The van der Waals surface area contributed by atoms with Crippen molar-refractivity contribution in [2.75, 3.05) is 0 Å². The van der Waals surface area contributed by atoms with Gasteiger partial charge in [0.1, 0.15) is 11.3 Å². The Hall–Kier alpha value is -1.82. The number of alkyl halides is 1. The Labute approximate surface area is 122 Å². The third kappa shape index (κ3) is 2.10. The average molecular weight is 293 g/mol. The van der Waals surface area contributed by atoms with Gasteiger partial charge in [-0.05, 0) is 19.9 Å². The normalized spacial score (nSPS) is 11.6. The monoisotopic (exact) mass is 292 g/mol. The van der Waals surface area contributed by atoms with E-state index >= 15 is 0 Å². The molecule has 0 aromatic carbocycles. The summed E-state index contributed by atoms with van der Waals surface area (Å²) < 4.78 is 6.04. The highest BCUT2D eigenvalue weighted by molar-refractivity contribution is 6.16. The molecule has 0 bridgehead atoms. The summed E-state index contributed by atoms with van der Waals surface area (Å²) in [6, 6.07) is 1.92. The van der Waals surface area contributed by atoms with Crippen molar-refractivity contribution in [2.45, 2.75) is 39.4 Å². The van der Waals surface area contributed by atoms with Crippen molar-refractivity contribution in [3.63, 3.8) is 0 Å². The lowest BCUT2D eigenvalue weighted by molar-refractivity contribution is 0.521. The van der Waals surface area contributed by atoms with E-state index < -0.39 is 0 Å². The van der Waals surface area contributed by atoms with Gasteiger partial charge in [0.15, 0.2) is 5.65 Å². The summed E-state index contributed by atoms with van der Waals surface area (Å²) in [4.78, 5) is 4.62. The van der Waals surface area contributed by atoms with Gasteiger partial charge >= 0.3 is 0 Å². The topological polar surface area (TPSA) is 53.5 Å². The molecule has 106 valence electrons. The summed E-state index contributed by atoms with van der Waals surface area (Å²) in [5.41, 5.74) is 2.95. The van der Waals surface area contributed by atoms with Gasteiger partial charge in [0, 0.05) is 25.5 Å². The lowest BCUT2D eigenvalue weighted by Gasteiger charge is -2.09. The molecule has 0 saturated heterocycles. The van der Waals surface area contributed by atoms with Crippen LogP contribution in [0, 0.1) is 6.92 Å². The maximum absolute atomic E-state index is 6.03. The first-order valence-corrected chi connectivity index (χ1v) is 7.24. The van der Waals surface area contributed by atoms with Gasteiger partial charge in [0.05, 0.1) is 18.1 Å². The quantitative estimate of drug-likeness (QED) is 0.678. The number of hydrogen-bond donors (Lipinski definition) is 0. The van der Waals surface area contributed by atoms with Crippen LogP contribution in [0.3, 0.4) is 0 Å². The molecule has 0 unspecified atom stereocenters. The maximum Gasteiger partial charge on any atom is 0.159 e. The van der Waals surface area contributed by atoms with E-state index in [2.05, 4.69) is 26.7 Å². The van der Waals surface area contributed by atoms with Gasteiger partial charge in [-0.15, -0.1) is 11.6 Å². The third-order valence-electron chi connectivity index (χ3n) is 3.41. The fraction of sp³-hybridized carbons (Fsp3) is 0.462. The Morgan fingerprint density at radius 1 is 1.30 bits per heavy atom. The molecular formula is C13H17ClN6. The zero-order valence-electron chi connectivity index (χ0n) is 11.6. The van der Waals surface area contributed by atoms with Crippen LogP contribution in [-0.2, 0) is 25.5 Å². The van der Waals surface area contributed by atoms with Crippen LogP contribution in [-0.4, -0.2) is 29.1 Å². The molecule has 0 saturated carbocycles. The number of fused-ring (bicyclic) bond motifs is 1. The SMILES string of the molecule is CCn1nc(C)c2nc(CCl)n(CCn3cccn3)c21. The van der Waals surface area contributed by atoms with Crippen LogP contribution in [0.5, 0.6) is 0 Å². The van der Waals surface area contributed by atoms with Crippen molar-refractivity contribution in [2.24, 2.45) is 0 Å². The van der Waals surface area contributed by atoms with Gasteiger partial charge in [0.25, 0.3) is 0 Å². The van der Waals surface area contributed by atoms with Crippen molar-refractivity contribution in [3.05, 3.63) is 30.0 Å². The molecule has 3 rings (SSSR count). The Bertz CT molecular complexity index is 709. The second kappa shape index (κ2) is 5.28. The fourth-order valence-electron chi connectivity index (χ4n) is 2.46. The molecule has 0 radical (unpaired) electrons. The van der Waals surface area contributed by atoms with E-state index in [0.717, 1.165) is 42.3 Å².